The van der Waals surface area contributed by atoms with Crippen LogP contribution in [0.1, 0.15) is 57.8 Å². The fourth-order valence-corrected chi connectivity index (χ4v) is 3.96. The van der Waals surface area contributed by atoms with Crippen molar-refractivity contribution in [3.63, 3.8) is 0 Å². The lowest BCUT2D eigenvalue weighted by Crippen LogP contribution is -2.40. The van der Waals surface area contributed by atoms with Gasteiger partial charge in [0.15, 0.2) is 5.96 Å². The molecule has 0 unspecified atom stereocenters. The summed E-state index contributed by atoms with van der Waals surface area (Å²) in [5.41, 5.74) is 0.0367. The first-order valence-electron chi connectivity index (χ1n) is 9.87. The van der Waals surface area contributed by atoms with Gasteiger partial charge in [0.25, 0.3) is 0 Å². The Balaban J connectivity index is 0.00000364. The molecule has 1 aliphatic heterocycles. The molecule has 2 N–H and O–H groups in total. The summed E-state index contributed by atoms with van der Waals surface area (Å²) < 4.78 is 0. The Bertz CT molecular complexity index is 575. The van der Waals surface area contributed by atoms with E-state index in [1.807, 2.05) is 4.90 Å². The molecule has 0 aliphatic carbocycles. The van der Waals surface area contributed by atoms with Crippen LogP contribution >= 0.6 is 35.3 Å². The van der Waals surface area contributed by atoms with Gasteiger partial charge in [-0.05, 0) is 37.6 Å². The van der Waals surface area contributed by atoms with E-state index in [4.69, 9.17) is 4.99 Å². The maximum absolute atomic E-state index is 12.0. The van der Waals surface area contributed by atoms with Crippen LogP contribution in [0.2, 0.25) is 0 Å². The lowest BCUT2D eigenvalue weighted by Gasteiger charge is -2.22. The second-order valence-electron chi connectivity index (χ2n) is 7.53. The van der Waals surface area contributed by atoms with Crippen molar-refractivity contribution in [2.24, 2.45) is 4.99 Å². The quantitative estimate of drug-likeness (QED) is 0.243. The number of thiophene rings is 1. The Hall–Kier alpha value is -0.830. The van der Waals surface area contributed by atoms with Gasteiger partial charge in [-0.3, -0.25) is 9.79 Å². The first-order chi connectivity index (χ1) is 12.5. The number of carbonyl (C=O) groups excluding carboxylic acids is 1. The number of halogens is 1. The monoisotopic (exact) mass is 506 g/mol. The number of guanidine groups is 1. The van der Waals surface area contributed by atoms with Crippen LogP contribution in [-0.4, -0.2) is 49.5 Å². The summed E-state index contributed by atoms with van der Waals surface area (Å²) in [7, 11) is 0. The molecule has 0 aromatic carbocycles. The molecule has 1 saturated heterocycles. The van der Waals surface area contributed by atoms with E-state index in [1.54, 1.807) is 11.3 Å². The lowest BCUT2D eigenvalue weighted by molar-refractivity contribution is -0.130. The van der Waals surface area contributed by atoms with E-state index < -0.39 is 0 Å². The number of amides is 1. The van der Waals surface area contributed by atoms with Crippen molar-refractivity contribution in [1.82, 2.24) is 15.5 Å². The highest BCUT2D eigenvalue weighted by molar-refractivity contribution is 14.0. The van der Waals surface area contributed by atoms with Crippen LogP contribution in [0.5, 0.6) is 0 Å². The SMILES string of the molecule is CCNC(=NCC(C)(C)c1cccs1)NCCCN1CCCCCC1=O.I. The van der Waals surface area contributed by atoms with Gasteiger partial charge in [0, 0.05) is 42.9 Å². The van der Waals surface area contributed by atoms with Crippen LogP contribution in [-0.2, 0) is 10.2 Å². The summed E-state index contributed by atoms with van der Waals surface area (Å²) in [5, 5.41) is 8.85. The molecule has 2 rings (SSSR count). The summed E-state index contributed by atoms with van der Waals surface area (Å²) in [6.07, 6.45) is 5.03. The molecule has 2 heterocycles. The highest BCUT2D eigenvalue weighted by Crippen LogP contribution is 2.27. The maximum Gasteiger partial charge on any atom is 0.222 e. The van der Waals surface area contributed by atoms with E-state index in [-0.39, 0.29) is 29.4 Å². The van der Waals surface area contributed by atoms with E-state index in [1.165, 1.54) is 11.3 Å². The second kappa shape index (κ2) is 12.6. The minimum Gasteiger partial charge on any atom is -0.357 e. The molecule has 27 heavy (non-hydrogen) atoms. The van der Waals surface area contributed by atoms with Gasteiger partial charge in [-0.1, -0.05) is 26.3 Å². The minimum absolute atomic E-state index is 0. The van der Waals surface area contributed by atoms with Gasteiger partial charge in [0.1, 0.15) is 0 Å². The van der Waals surface area contributed by atoms with Crippen LogP contribution in [0.25, 0.3) is 0 Å². The number of carbonyl (C=O) groups is 1. The Labute approximate surface area is 185 Å². The molecule has 1 aromatic rings. The zero-order valence-electron chi connectivity index (χ0n) is 16.9. The number of nitrogens with one attached hydrogen (secondary N) is 2. The fourth-order valence-electron chi connectivity index (χ4n) is 3.11. The van der Waals surface area contributed by atoms with Crippen molar-refractivity contribution >= 4 is 47.2 Å². The van der Waals surface area contributed by atoms with Crippen molar-refractivity contribution in [3.8, 4) is 0 Å². The Morgan fingerprint density at radius 3 is 2.81 bits per heavy atom. The highest BCUT2D eigenvalue weighted by Gasteiger charge is 2.21. The fraction of sp³-hybridized carbons (Fsp3) is 0.700. The van der Waals surface area contributed by atoms with E-state index in [0.717, 1.165) is 64.4 Å². The molecule has 0 atom stereocenters. The van der Waals surface area contributed by atoms with Gasteiger partial charge < -0.3 is 15.5 Å². The first kappa shape index (κ1) is 24.2. The molecule has 0 saturated carbocycles. The number of hydrogen-bond acceptors (Lipinski definition) is 3. The number of likely N-dealkylation sites (tertiary alicyclic amines) is 1. The Morgan fingerprint density at radius 2 is 2.11 bits per heavy atom. The predicted molar refractivity (Wildman–Crippen MR) is 126 cm³/mol. The van der Waals surface area contributed by atoms with E-state index in [0.29, 0.717) is 5.91 Å². The zero-order valence-corrected chi connectivity index (χ0v) is 20.1. The third-order valence-corrected chi connectivity index (χ3v) is 5.97. The van der Waals surface area contributed by atoms with Crippen molar-refractivity contribution < 1.29 is 4.79 Å². The van der Waals surface area contributed by atoms with Gasteiger partial charge in [-0.15, -0.1) is 35.3 Å². The normalized spacial score (nSPS) is 15.9. The van der Waals surface area contributed by atoms with Crippen molar-refractivity contribution in [2.45, 2.75) is 58.3 Å². The third kappa shape index (κ3) is 8.37. The standard InChI is InChI=1S/C20H34N4OS.HI/c1-4-21-19(23-16-20(2,3)17-10-8-15-26-17)22-12-9-14-24-13-7-5-6-11-18(24)25;/h8,10,15H,4-7,9,11-14,16H2,1-3H3,(H2,21,22,23);1H. The van der Waals surface area contributed by atoms with Crippen LogP contribution < -0.4 is 10.6 Å². The van der Waals surface area contributed by atoms with Crippen LogP contribution in [0.3, 0.4) is 0 Å². The maximum atomic E-state index is 12.0. The molecule has 7 heteroatoms. The van der Waals surface area contributed by atoms with Gasteiger partial charge >= 0.3 is 0 Å². The first-order valence-corrected chi connectivity index (χ1v) is 10.7. The molecule has 0 spiro atoms. The average Bonchev–Trinajstić information content (AvgIpc) is 3.09. The van der Waals surface area contributed by atoms with E-state index >= 15 is 0 Å². The molecule has 5 nitrogen and oxygen atoms in total. The predicted octanol–water partition coefficient (Wildman–Crippen LogP) is 3.99. The zero-order chi connectivity index (χ0) is 18.8. The van der Waals surface area contributed by atoms with Gasteiger partial charge in [0.05, 0.1) is 6.54 Å². The lowest BCUT2D eigenvalue weighted by atomic mass is 9.92. The van der Waals surface area contributed by atoms with Crippen molar-refractivity contribution in [1.29, 1.82) is 0 Å². The Morgan fingerprint density at radius 1 is 1.30 bits per heavy atom. The van der Waals surface area contributed by atoms with Crippen LogP contribution in [0.4, 0.5) is 0 Å². The molecule has 0 radical (unpaired) electrons. The topological polar surface area (TPSA) is 56.7 Å². The summed E-state index contributed by atoms with van der Waals surface area (Å²) in [5.74, 6) is 1.18. The third-order valence-electron chi connectivity index (χ3n) is 4.73. The van der Waals surface area contributed by atoms with Crippen molar-refractivity contribution in [2.75, 3.05) is 32.7 Å². The molecule has 1 aromatic heterocycles. The van der Waals surface area contributed by atoms with Gasteiger partial charge in [-0.25, -0.2) is 0 Å². The second-order valence-corrected chi connectivity index (χ2v) is 8.48. The molecule has 1 aliphatic rings. The summed E-state index contributed by atoms with van der Waals surface area (Å²) in [6.45, 7) is 10.7. The molecule has 154 valence electrons. The molecule has 1 fully saturated rings. The number of nitrogens with zero attached hydrogens (tertiary/aromatic N) is 2. The Kier molecular flexibility index (Phi) is 11.3. The molecule has 1 amide bonds. The van der Waals surface area contributed by atoms with Crippen LogP contribution in [0, 0.1) is 0 Å². The van der Waals surface area contributed by atoms with Crippen molar-refractivity contribution in [3.05, 3.63) is 22.4 Å². The number of hydrogen-bond donors (Lipinski definition) is 2. The van der Waals surface area contributed by atoms with Gasteiger partial charge in [-0.2, -0.15) is 0 Å². The van der Waals surface area contributed by atoms with E-state index in [2.05, 4.69) is 48.9 Å². The minimum atomic E-state index is 0. The molecular weight excluding hydrogens is 471 g/mol. The number of aliphatic imine (C=N–C) groups is 1. The average molecular weight is 506 g/mol. The number of rotatable bonds is 8. The summed E-state index contributed by atoms with van der Waals surface area (Å²) in [4.78, 5) is 20.2. The van der Waals surface area contributed by atoms with Crippen LogP contribution in [0.15, 0.2) is 22.5 Å². The smallest absolute Gasteiger partial charge is 0.222 e. The molecular formula is C20H35IN4OS. The van der Waals surface area contributed by atoms with Gasteiger partial charge in [0.2, 0.25) is 5.91 Å². The largest absolute Gasteiger partial charge is 0.357 e. The van der Waals surface area contributed by atoms with E-state index in [9.17, 15) is 4.79 Å². The highest BCUT2D eigenvalue weighted by atomic mass is 127. The molecule has 0 bridgehead atoms. The summed E-state index contributed by atoms with van der Waals surface area (Å²) in [6, 6.07) is 4.28. The summed E-state index contributed by atoms with van der Waals surface area (Å²) >= 11 is 1.79.